The second kappa shape index (κ2) is 8.05. The minimum atomic E-state index is -2.12. The molecule has 0 fully saturated rings. The van der Waals surface area contributed by atoms with Gasteiger partial charge in [-0.2, -0.15) is 10.4 Å². The lowest BCUT2D eigenvalue weighted by atomic mass is 10.0. The molecule has 0 rings (SSSR count). The van der Waals surface area contributed by atoms with Gasteiger partial charge in [0.2, 0.25) is 0 Å². The van der Waals surface area contributed by atoms with Crippen LogP contribution in [0.1, 0.15) is 65.2 Å². The summed E-state index contributed by atoms with van der Waals surface area (Å²) in [6.07, 6.45) is 8.00. The van der Waals surface area contributed by atoms with Crippen LogP contribution >= 0.6 is 0 Å². The molecule has 0 aromatic heterocycles. The summed E-state index contributed by atoms with van der Waals surface area (Å²) in [5, 5.41) is 28.6. The first-order chi connectivity index (χ1) is 7.02. The molecule has 1 unspecified atom stereocenters. The normalized spacial score (nSPS) is 14.2. The van der Waals surface area contributed by atoms with E-state index < -0.39 is 11.0 Å². The first-order valence-corrected chi connectivity index (χ1v) is 6.07. The maximum Gasteiger partial charge on any atom is 0.151 e. The Bertz CT molecular complexity index is 145. The molecule has 0 saturated carbocycles. The average molecular weight is 219 g/mol. The number of hydrogen-bond donors (Lipinski definition) is 2. The average Bonchev–Trinajstić information content (AvgIpc) is 2.15. The zero-order valence-electron chi connectivity index (χ0n) is 9.98. The van der Waals surface area contributed by atoms with E-state index in [-0.39, 0.29) is 0 Å². The Morgan fingerprint density at radius 2 is 1.53 bits per heavy atom. The molecule has 0 heterocycles. The Labute approximate surface area is 92.6 Å². The van der Waals surface area contributed by atoms with Crippen LogP contribution in [-0.2, 0) is 0 Å². The van der Waals surface area contributed by atoms with E-state index in [0.29, 0.717) is 12.8 Å². The number of nitrogens with zero attached hydrogens (tertiary/aromatic N) is 1. The Kier molecular flexibility index (Phi) is 7.96. The predicted octanol–water partition coefficient (Wildman–Crippen LogP) is 3.61. The van der Waals surface area contributed by atoms with Crippen molar-refractivity contribution in [2.45, 2.75) is 71.3 Å². The SMILES string of the molecule is CCCCCCCCC(CC)[N+]([O-])(O)O. The summed E-state index contributed by atoms with van der Waals surface area (Å²) in [5.41, 5.74) is 0. The molecule has 0 saturated heterocycles. The monoisotopic (exact) mass is 219 g/mol. The number of unbranched alkanes of at least 4 members (excludes halogenated alkanes) is 5. The van der Waals surface area contributed by atoms with Crippen LogP contribution in [0, 0.1) is 5.21 Å². The van der Waals surface area contributed by atoms with Crippen LogP contribution in [0.2, 0.25) is 0 Å². The molecule has 15 heavy (non-hydrogen) atoms. The van der Waals surface area contributed by atoms with Crippen LogP contribution in [0.4, 0.5) is 0 Å². The minimum Gasteiger partial charge on any atom is -0.564 e. The summed E-state index contributed by atoms with van der Waals surface area (Å²) in [7, 11) is 0. The van der Waals surface area contributed by atoms with Gasteiger partial charge >= 0.3 is 0 Å². The van der Waals surface area contributed by atoms with Gasteiger partial charge < -0.3 is 5.21 Å². The molecule has 2 N–H and O–H groups in total. The van der Waals surface area contributed by atoms with Crippen molar-refractivity contribution < 1.29 is 15.4 Å². The van der Waals surface area contributed by atoms with Gasteiger partial charge in [0.1, 0.15) is 0 Å². The minimum absolute atomic E-state index is 0.505. The molecule has 4 nitrogen and oxygen atoms in total. The van der Waals surface area contributed by atoms with Gasteiger partial charge in [-0.15, -0.1) is 0 Å². The molecule has 0 spiro atoms. The molecule has 0 bridgehead atoms. The van der Waals surface area contributed by atoms with Crippen molar-refractivity contribution in [3.8, 4) is 0 Å². The lowest BCUT2D eigenvalue weighted by Crippen LogP contribution is -2.44. The molecule has 0 aromatic carbocycles. The van der Waals surface area contributed by atoms with E-state index in [9.17, 15) is 5.21 Å². The van der Waals surface area contributed by atoms with Gasteiger partial charge in [0.15, 0.2) is 6.04 Å². The molecule has 92 valence electrons. The molecule has 4 heteroatoms. The zero-order chi connectivity index (χ0) is 11.7. The molecule has 1 atom stereocenters. The van der Waals surface area contributed by atoms with Crippen molar-refractivity contribution in [2.24, 2.45) is 0 Å². The van der Waals surface area contributed by atoms with Crippen molar-refractivity contribution in [1.29, 1.82) is 0 Å². The largest absolute Gasteiger partial charge is 0.564 e. The zero-order valence-corrected chi connectivity index (χ0v) is 9.98. The third-order valence-electron chi connectivity index (χ3n) is 2.84. The van der Waals surface area contributed by atoms with Crippen molar-refractivity contribution in [3.05, 3.63) is 5.21 Å². The van der Waals surface area contributed by atoms with Crippen LogP contribution < -0.4 is 0 Å². The Morgan fingerprint density at radius 1 is 1.00 bits per heavy atom. The van der Waals surface area contributed by atoms with Gasteiger partial charge in [0.25, 0.3) is 0 Å². The van der Waals surface area contributed by atoms with Crippen molar-refractivity contribution >= 4 is 0 Å². The fourth-order valence-electron chi connectivity index (χ4n) is 1.77. The Hall–Kier alpha value is -0.160. The quantitative estimate of drug-likeness (QED) is 0.354. The van der Waals surface area contributed by atoms with Crippen LogP contribution in [-0.4, -0.2) is 21.4 Å². The molecular weight excluding hydrogens is 194 g/mol. The number of rotatable bonds is 9. The lowest BCUT2D eigenvalue weighted by Gasteiger charge is -2.32. The van der Waals surface area contributed by atoms with Crippen LogP contribution in [0.5, 0.6) is 0 Å². The van der Waals surface area contributed by atoms with E-state index >= 15 is 0 Å². The summed E-state index contributed by atoms with van der Waals surface area (Å²) in [4.78, 5) is -2.12. The Balaban J connectivity index is 3.48. The summed E-state index contributed by atoms with van der Waals surface area (Å²) in [5.74, 6) is 0. The lowest BCUT2D eigenvalue weighted by molar-refractivity contribution is -1.23. The first kappa shape index (κ1) is 14.8. The number of quaternary nitrogens is 1. The molecule has 0 aliphatic carbocycles. The van der Waals surface area contributed by atoms with Crippen LogP contribution in [0.15, 0.2) is 0 Å². The van der Waals surface area contributed by atoms with Crippen molar-refractivity contribution in [1.82, 2.24) is 0 Å². The highest BCUT2D eigenvalue weighted by atomic mass is 17.1. The van der Waals surface area contributed by atoms with Crippen LogP contribution in [0.3, 0.4) is 0 Å². The van der Waals surface area contributed by atoms with E-state index in [1.165, 1.54) is 25.7 Å². The molecular formula is C11H25NO3. The highest BCUT2D eigenvalue weighted by Crippen LogP contribution is 2.16. The fourth-order valence-corrected chi connectivity index (χ4v) is 1.77. The molecule has 0 radical (unpaired) electrons. The summed E-state index contributed by atoms with van der Waals surface area (Å²) < 4.78 is 0. The van der Waals surface area contributed by atoms with E-state index in [1.807, 2.05) is 0 Å². The van der Waals surface area contributed by atoms with E-state index in [4.69, 9.17) is 10.4 Å². The van der Waals surface area contributed by atoms with Crippen molar-refractivity contribution in [3.63, 3.8) is 0 Å². The second-order valence-corrected chi connectivity index (χ2v) is 4.21. The van der Waals surface area contributed by atoms with Gasteiger partial charge in [-0.25, -0.2) is 0 Å². The highest BCUT2D eigenvalue weighted by molar-refractivity contribution is 4.55. The third kappa shape index (κ3) is 7.73. The summed E-state index contributed by atoms with van der Waals surface area (Å²) in [6, 6.07) is -0.587. The highest BCUT2D eigenvalue weighted by Gasteiger charge is 2.23. The second-order valence-electron chi connectivity index (χ2n) is 4.21. The molecule has 0 aromatic rings. The van der Waals surface area contributed by atoms with Crippen LogP contribution in [0.25, 0.3) is 0 Å². The molecule has 0 aliphatic heterocycles. The van der Waals surface area contributed by atoms with Gasteiger partial charge in [-0.1, -0.05) is 50.9 Å². The van der Waals surface area contributed by atoms with E-state index in [0.717, 1.165) is 12.8 Å². The van der Waals surface area contributed by atoms with Crippen molar-refractivity contribution in [2.75, 3.05) is 0 Å². The number of hydrogen-bond acceptors (Lipinski definition) is 3. The first-order valence-electron chi connectivity index (χ1n) is 6.07. The van der Waals surface area contributed by atoms with E-state index in [1.54, 1.807) is 6.92 Å². The smallest absolute Gasteiger partial charge is 0.151 e. The van der Waals surface area contributed by atoms with Gasteiger partial charge in [0, 0.05) is 12.8 Å². The predicted molar refractivity (Wildman–Crippen MR) is 59.3 cm³/mol. The summed E-state index contributed by atoms with van der Waals surface area (Å²) in [6.45, 7) is 3.98. The molecule has 0 amide bonds. The maximum atomic E-state index is 10.8. The Morgan fingerprint density at radius 3 is 2.00 bits per heavy atom. The van der Waals surface area contributed by atoms with Gasteiger partial charge in [-0.3, -0.25) is 0 Å². The maximum absolute atomic E-state index is 10.8. The third-order valence-corrected chi connectivity index (χ3v) is 2.84. The van der Waals surface area contributed by atoms with E-state index in [2.05, 4.69) is 6.92 Å². The fraction of sp³-hybridized carbons (Fsp3) is 1.00. The number of hydroxylamine groups is 3. The van der Waals surface area contributed by atoms with Gasteiger partial charge in [-0.05, 0) is 6.42 Å². The summed E-state index contributed by atoms with van der Waals surface area (Å²) >= 11 is 0. The van der Waals surface area contributed by atoms with Gasteiger partial charge in [0.05, 0.1) is 0 Å². The molecule has 0 aliphatic rings. The standard InChI is InChI=1S/C11H25NO3/c1-3-5-6-7-8-9-10-11(4-2)12(13,14)15/h11,13-14H,3-10H2,1-2H3. The topological polar surface area (TPSA) is 63.5 Å².